The summed E-state index contributed by atoms with van der Waals surface area (Å²) < 4.78 is 11.9. The summed E-state index contributed by atoms with van der Waals surface area (Å²) in [5.74, 6) is 7.91. The van der Waals surface area contributed by atoms with Crippen LogP contribution in [0.3, 0.4) is 0 Å². The molecule has 3 aromatic rings. The van der Waals surface area contributed by atoms with Gasteiger partial charge in [-0.2, -0.15) is 0 Å². The number of benzene rings is 3. The first-order valence-electron chi connectivity index (χ1n) is 10.8. The third-order valence-corrected chi connectivity index (χ3v) is 5.94. The van der Waals surface area contributed by atoms with E-state index in [4.69, 9.17) is 21.1 Å². The van der Waals surface area contributed by atoms with Crippen LogP contribution in [0.2, 0.25) is 0 Å². The highest BCUT2D eigenvalue weighted by atomic mass is 79.9. The molecule has 0 saturated heterocycles. The largest absolute Gasteiger partial charge is 0.497 e. The van der Waals surface area contributed by atoms with E-state index >= 15 is 0 Å². The van der Waals surface area contributed by atoms with E-state index in [0.29, 0.717) is 25.4 Å². The second-order valence-electron chi connectivity index (χ2n) is 9.18. The van der Waals surface area contributed by atoms with Gasteiger partial charge in [0.15, 0.2) is 0 Å². The lowest BCUT2D eigenvalue weighted by molar-refractivity contribution is 0.306. The molecule has 0 radical (unpaired) electrons. The summed E-state index contributed by atoms with van der Waals surface area (Å²) in [5.41, 5.74) is 11.0. The van der Waals surface area contributed by atoms with Gasteiger partial charge in [-0.1, -0.05) is 45.0 Å². The van der Waals surface area contributed by atoms with Crippen LogP contribution >= 0.6 is 15.9 Å². The van der Waals surface area contributed by atoms with Crippen LogP contribution in [0.4, 0.5) is 17.1 Å². The Labute approximate surface area is 205 Å². The van der Waals surface area contributed by atoms with Crippen molar-refractivity contribution in [1.29, 1.82) is 0 Å². The number of hydrogen-bond donors (Lipinski definition) is 3. The van der Waals surface area contributed by atoms with Gasteiger partial charge in [0.1, 0.15) is 18.1 Å². The molecule has 0 saturated carbocycles. The molecule has 0 aliphatic rings. The van der Waals surface area contributed by atoms with Gasteiger partial charge in [0.2, 0.25) is 0 Å². The molecule has 0 fully saturated rings. The normalized spacial score (nSPS) is 11.2. The second-order valence-corrected chi connectivity index (χ2v) is 9.98. The third-order valence-electron chi connectivity index (χ3n) is 5.08. The smallest absolute Gasteiger partial charge is 0.119 e. The fraction of sp³-hybridized carbons (Fsp3) is 0.308. The van der Waals surface area contributed by atoms with Crippen LogP contribution in [0.1, 0.15) is 31.9 Å². The lowest BCUT2D eigenvalue weighted by atomic mass is 9.96. The van der Waals surface area contributed by atoms with E-state index in [0.717, 1.165) is 38.5 Å². The van der Waals surface area contributed by atoms with E-state index in [-0.39, 0.29) is 5.41 Å². The minimum absolute atomic E-state index is 0.0646. The van der Waals surface area contributed by atoms with E-state index in [2.05, 4.69) is 42.0 Å². The van der Waals surface area contributed by atoms with E-state index < -0.39 is 0 Å². The second kappa shape index (κ2) is 10.8. The molecule has 0 aromatic heterocycles. The zero-order chi connectivity index (χ0) is 24.0. The maximum Gasteiger partial charge on any atom is 0.119 e. The molecule has 33 heavy (non-hydrogen) atoms. The number of anilines is 3. The molecule has 7 heteroatoms. The van der Waals surface area contributed by atoms with Crippen molar-refractivity contribution in [2.75, 3.05) is 29.7 Å². The first-order chi connectivity index (χ1) is 15.7. The van der Waals surface area contributed by atoms with Gasteiger partial charge in [-0.05, 0) is 68.9 Å². The van der Waals surface area contributed by atoms with Crippen molar-refractivity contribution in [2.45, 2.75) is 33.9 Å². The highest BCUT2D eigenvalue weighted by Crippen LogP contribution is 2.36. The summed E-state index contributed by atoms with van der Waals surface area (Å²) in [5, 5.41) is 5.14. The topological polar surface area (TPSA) is 85.8 Å². The molecule has 0 amide bonds. The van der Waals surface area contributed by atoms with E-state index in [1.807, 2.05) is 60.7 Å². The van der Waals surface area contributed by atoms with Gasteiger partial charge in [0.05, 0.1) is 28.6 Å². The Kier molecular flexibility index (Phi) is 8.10. The molecule has 3 aromatic carbocycles. The highest BCUT2D eigenvalue weighted by molar-refractivity contribution is 9.10. The number of rotatable bonds is 9. The van der Waals surface area contributed by atoms with Crippen LogP contribution in [0.5, 0.6) is 11.5 Å². The molecule has 5 N–H and O–H groups in total. The number of nitrogens with one attached hydrogen (secondary N) is 1. The summed E-state index contributed by atoms with van der Waals surface area (Å²) in [7, 11) is 1.66. The van der Waals surface area contributed by atoms with Crippen molar-refractivity contribution >= 4 is 33.0 Å². The van der Waals surface area contributed by atoms with Crippen LogP contribution in [-0.4, -0.2) is 13.7 Å². The molecule has 0 atom stereocenters. The van der Waals surface area contributed by atoms with Gasteiger partial charge in [0, 0.05) is 13.1 Å². The Bertz CT molecular complexity index is 1050. The van der Waals surface area contributed by atoms with Gasteiger partial charge < -0.3 is 25.5 Å². The van der Waals surface area contributed by atoms with Crippen LogP contribution in [0.15, 0.2) is 65.1 Å². The SMILES string of the molecule is COc1ccc(COc2ccc(CNc3ccc(N(N)CC(C)(C)C)c(N)c3Br)cc2)cc1. The number of ether oxygens (including phenoxy) is 2. The lowest BCUT2D eigenvalue weighted by Gasteiger charge is -2.29. The Morgan fingerprint density at radius 2 is 1.52 bits per heavy atom. The van der Waals surface area contributed by atoms with Crippen molar-refractivity contribution in [3.8, 4) is 11.5 Å². The molecule has 3 rings (SSSR count). The summed E-state index contributed by atoms with van der Waals surface area (Å²) in [4.78, 5) is 0. The molecule has 0 aliphatic carbocycles. The summed E-state index contributed by atoms with van der Waals surface area (Å²) in [6, 6.07) is 19.9. The van der Waals surface area contributed by atoms with Gasteiger partial charge in [-0.3, -0.25) is 0 Å². The van der Waals surface area contributed by atoms with E-state index in [1.165, 1.54) is 0 Å². The Hall–Kier alpha value is -2.90. The predicted octanol–water partition coefficient (Wildman–Crippen LogP) is 5.96. The Morgan fingerprint density at radius 1 is 0.909 bits per heavy atom. The summed E-state index contributed by atoms with van der Waals surface area (Å²) >= 11 is 3.62. The Morgan fingerprint density at radius 3 is 2.12 bits per heavy atom. The predicted molar refractivity (Wildman–Crippen MR) is 141 cm³/mol. The Balaban J connectivity index is 1.56. The van der Waals surface area contributed by atoms with Crippen LogP contribution in [0, 0.1) is 5.41 Å². The number of hydrazine groups is 1. The molecule has 0 spiro atoms. The molecule has 6 nitrogen and oxygen atoms in total. The van der Waals surface area contributed by atoms with Crippen molar-refractivity contribution < 1.29 is 9.47 Å². The van der Waals surface area contributed by atoms with Crippen molar-refractivity contribution in [1.82, 2.24) is 0 Å². The molecule has 0 heterocycles. The zero-order valence-electron chi connectivity index (χ0n) is 19.7. The minimum Gasteiger partial charge on any atom is -0.497 e. The first kappa shape index (κ1) is 24.7. The fourth-order valence-corrected chi connectivity index (χ4v) is 3.83. The molecule has 0 bridgehead atoms. The molecular weight excluding hydrogens is 480 g/mol. The number of nitrogen functional groups attached to an aromatic ring is 1. The van der Waals surface area contributed by atoms with Gasteiger partial charge in [-0.15, -0.1) is 0 Å². The van der Waals surface area contributed by atoms with Crippen molar-refractivity contribution in [3.63, 3.8) is 0 Å². The van der Waals surface area contributed by atoms with Crippen LogP contribution in [-0.2, 0) is 13.2 Å². The monoisotopic (exact) mass is 512 g/mol. The van der Waals surface area contributed by atoms with Gasteiger partial charge in [-0.25, -0.2) is 5.84 Å². The fourth-order valence-electron chi connectivity index (χ4n) is 3.36. The van der Waals surface area contributed by atoms with E-state index in [9.17, 15) is 0 Å². The van der Waals surface area contributed by atoms with Gasteiger partial charge in [0.25, 0.3) is 0 Å². The molecule has 176 valence electrons. The number of halogens is 1. The quantitative estimate of drug-likeness (QED) is 0.186. The molecule has 0 unspecified atom stereocenters. The van der Waals surface area contributed by atoms with Crippen LogP contribution < -0.4 is 31.4 Å². The zero-order valence-corrected chi connectivity index (χ0v) is 21.3. The minimum atomic E-state index is 0.0646. The molecule has 0 aliphatic heterocycles. The van der Waals surface area contributed by atoms with Crippen molar-refractivity contribution in [3.05, 3.63) is 76.3 Å². The number of nitrogens with zero attached hydrogens (tertiary/aromatic N) is 1. The third kappa shape index (κ3) is 7.04. The highest BCUT2D eigenvalue weighted by Gasteiger charge is 2.18. The average Bonchev–Trinajstić information content (AvgIpc) is 2.78. The van der Waals surface area contributed by atoms with E-state index in [1.54, 1.807) is 12.1 Å². The van der Waals surface area contributed by atoms with Gasteiger partial charge >= 0.3 is 0 Å². The standard InChI is InChI=1S/C26H33BrN4O2/c1-26(2,3)17-31(29)23-14-13-22(24(27)25(23)28)30-15-18-5-11-21(12-6-18)33-16-19-7-9-20(32-4)10-8-19/h5-14,30H,15-17,28-29H2,1-4H3. The molecular formula is C26H33BrN4O2. The van der Waals surface area contributed by atoms with Crippen molar-refractivity contribution in [2.24, 2.45) is 11.3 Å². The maximum atomic E-state index is 6.36. The maximum absolute atomic E-state index is 6.36. The summed E-state index contributed by atoms with van der Waals surface area (Å²) in [6.07, 6.45) is 0. The number of nitrogens with two attached hydrogens (primary N) is 2. The number of hydrogen-bond acceptors (Lipinski definition) is 6. The van der Waals surface area contributed by atoms with Crippen LogP contribution in [0.25, 0.3) is 0 Å². The number of methoxy groups -OCH3 is 1. The lowest BCUT2D eigenvalue weighted by Crippen LogP contribution is -2.38. The first-order valence-corrected chi connectivity index (χ1v) is 11.6. The average molecular weight is 513 g/mol. The summed E-state index contributed by atoms with van der Waals surface area (Å²) in [6.45, 7) is 8.29.